The van der Waals surface area contributed by atoms with Crippen LogP contribution < -0.4 is 20.7 Å². The Balaban J connectivity index is 1.83. The highest BCUT2D eigenvalue weighted by Gasteiger charge is 2.26. The van der Waals surface area contributed by atoms with Crippen molar-refractivity contribution >= 4 is 11.9 Å². The van der Waals surface area contributed by atoms with Gasteiger partial charge in [-0.2, -0.15) is 0 Å². The third kappa shape index (κ3) is 3.50. The molecule has 2 heterocycles. The molecule has 9 nitrogen and oxygen atoms in total. The standard InChI is InChI=1S/C12H17N5O4/c1-6-9(7(2)15-12(19)14-6)10(18)13-4-5-20-11-8(3)16-21-17-11/h6H,4-5H2,1-3H3,(H,13,18)(H2,14,15,19). The molecule has 3 N–H and O–H groups in total. The van der Waals surface area contributed by atoms with Crippen LogP contribution >= 0.6 is 0 Å². The molecule has 0 aromatic carbocycles. The molecule has 21 heavy (non-hydrogen) atoms. The van der Waals surface area contributed by atoms with E-state index < -0.39 is 0 Å². The number of aromatic nitrogens is 2. The number of nitrogens with one attached hydrogen (secondary N) is 3. The van der Waals surface area contributed by atoms with Gasteiger partial charge in [-0.05, 0) is 25.9 Å². The van der Waals surface area contributed by atoms with Crippen molar-refractivity contribution in [1.29, 1.82) is 0 Å². The van der Waals surface area contributed by atoms with Crippen molar-refractivity contribution in [2.75, 3.05) is 13.2 Å². The summed E-state index contributed by atoms with van der Waals surface area (Å²) in [6, 6.07) is -0.657. The van der Waals surface area contributed by atoms with Gasteiger partial charge in [0.15, 0.2) is 0 Å². The summed E-state index contributed by atoms with van der Waals surface area (Å²) in [5, 5.41) is 15.1. The zero-order chi connectivity index (χ0) is 15.4. The number of hydrogen-bond acceptors (Lipinski definition) is 6. The number of carbonyl (C=O) groups is 2. The molecule has 0 fully saturated rings. The third-order valence-corrected chi connectivity index (χ3v) is 2.97. The second-order valence-electron chi connectivity index (χ2n) is 4.62. The minimum Gasteiger partial charge on any atom is -0.472 e. The van der Waals surface area contributed by atoms with E-state index in [1.807, 2.05) is 0 Å². The number of rotatable bonds is 5. The van der Waals surface area contributed by atoms with Crippen LogP contribution in [0.15, 0.2) is 15.9 Å². The van der Waals surface area contributed by atoms with Gasteiger partial charge in [0, 0.05) is 5.70 Å². The Morgan fingerprint density at radius 2 is 2.19 bits per heavy atom. The van der Waals surface area contributed by atoms with Crippen LogP contribution in [0.3, 0.4) is 0 Å². The molecule has 0 saturated carbocycles. The number of nitrogens with zero attached hydrogens (tertiary/aromatic N) is 2. The van der Waals surface area contributed by atoms with E-state index in [2.05, 4.69) is 30.9 Å². The van der Waals surface area contributed by atoms with Crippen molar-refractivity contribution in [2.45, 2.75) is 26.8 Å². The second-order valence-corrected chi connectivity index (χ2v) is 4.62. The average molecular weight is 295 g/mol. The fraction of sp³-hybridized carbons (Fsp3) is 0.500. The number of allylic oxidation sites excluding steroid dienone is 1. The van der Waals surface area contributed by atoms with Crippen molar-refractivity contribution in [3.8, 4) is 5.88 Å². The molecule has 3 amide bonds. The van der Waals surface area contributed by atoms with Gasteiger partial charge < -0.3 is 20.7 Å². The third-order valence-electron chi connectivity index (χ3n) is 2.97. The lowest BCUT2D eigenvalue weighted by Gasteiger charge is -2.25. The van der Waals surface area contributed by atoms with E-state index >= 15 is 0 Å². The first kappa shape index (κ1) is 14.8. The monoisotopic (exact) mass is 295 g/mol. The largest absolute Gasteiger partial charge is 0.472 e. The number of urea groups is 1. The first-order valence-corrected chi connectivity index (χ1v) is 6.47. The molecular weight excluding hydrogens is 278 g/mol. The highest BCUT2D eigenvalue weighted by Crippen LogP contribution is 2.12. The fourth-order valence-corrected chi connectivity index (χ4v) is 2.00. The van der Waals surface area contributed by atoms with Gasteiger partial charge in [0.05, 0.1) is 18.2 Å². The van der Waals surface area contributed by atoms with Crippen LogP contribution in [0.25, 0.3) is 0 Å². The first-order chi connectivity index (χ1) is 9.99. The molecular formula is C12H17N5O4. The minimum atomic E-state index is -0.346. The van der Waals surface area contributed by atoms with Crippen molar-refractivity contribution in [3.05, 3.63) is 17.0 Å². The molecule has 0 bridgehead atoms. The van der Waals surface area contributed by atoms with Crippen LogP contribution in [0.1, 0.15) is 19.5 Å². The Morgan fingerprint density at radius 1 is 1.43 bits per heavy atom. The van der Waals surface area contributed by atoms with E-state index in [1.54, 1.807) is 20.8 Å². The fourth-order valence-electron chi connectivity index (χ4n) is 2.00. The topological polar surface area (TPSA) is 118 Å². The van der Waals surface area contributed by atoms with Gasteiger partial charge in [0.1, 0.15) is 12.3 Å². The second kappa shape index (κ2) is 6.25. The lowest BCUT2D eigenvalue weighted by Crippen LogP contribution is -2.50. The number of carbonyl (C=O) groups excluding carboxylic acids is 2. The smallest absolute Gasteiger partial charge is 0.319 e. The highest BCUT2D eigenvalue weighted by molar-refractivity contribution is 5.98. The van der Waals surface area contributed by atoms with Crippen molar-refractivity contribution in [3.63, 3.8) is 0 Å². The predicted octanol–water partition coefficient (Wildman–Crippen LogP) is -0.152. The van der Waals surface area contributed by atoms with Crippen molar-refractivity contribution in [2.24, 2.45) is 0 Å². The molecule has 1 aliphatic heterocycles. The van der Waals surface area contributed by atoms with Crippen LogP contribution in [-0.4, -0.2) is 41.4 Å². The molecule has 1 atom stereocenters. The molecule has 0 aliphatic carbocycles. The van der Waals surface area contributed by atoms with Gasteiger partial charge in [-0.15, -0.1) is 0 Å². The van der Waals surface area contributed by atoms with E-state index in [0.717, 1.165) is 0 Å². The van der Waals surface area contributed by atoms with Crippen LogP contribution in [-0.2, 0) is 4.79 Å². The summed E-state index contributed by atoms with van der Waals surface area (Å²) in [5.74, 6) is 0.0470. The molecule has 114 valence electrons. The summed E-state index contributed by atoms with van der Waals surface area (Å²) in [7, 11) is 0. The van der Waals surface area contributed by atoms with Gasteiger partial charge in [-0.25, -0.2) is 9.42 Å². The quantitative estimate of drug-likeness (QED) is 0.650. The summed E-state index contributed by atoms with van der Waals surface area (Å²) >= 11 is 0. The normalized spacial score (nSPS) is 18.0. The number of hydrogen-bond donors (Lipinski definition) is 3. The van der Waals surface area contributed by atoms with E-state index in [1.165, 1.54) is 0 Å². The highest BCUT2D eigenvalue weighted by atomic mass is 16.6. The van der Waals surface area contributed by atoms with Crippen LogP contribution in [0.2, 0.25) is 0 Å². The van der Waals surface area contributed by atoms with Crippen LogP contribution in [0.5, 0.6) is 5.88 Å². The van der Waals surface area contributed by atoms with Gasteiger partial charge >= 0.3 is 6.03 Å². The summed E-state index contributed by atoms with van der Waals surface area (Å²) in [5.41, 5.74) is 1.59. The molecule has 1 aromatic rings. The van der Waals surface area contributed by atoms with Crippen molar-refractivity contribution < 1.29 is 19.0 Å². The van der Waals surface area contributed by atoms with E-state index in [9.17, 15) is 9.59 Å². The molecule has 9 heteroatoms. The van der Waals surface area contributed by atoms with Gasteiger partial charge in [-0.3, -0.25) is 4.79 Å². The van der Waals surface area contributed by atoms with Gasteiger partial charge in [0.2, 0.25) is 0 Å². The maximum absolute atomic E-state index is 12.1. The zero-order valence-electron chi connectivity index (χ0n) is 12.0. The maximum Gasteiger partial charge on any atom is 0.319 e. The lowest BCUT2D eigenvalue weighted by atomic mass is 10.0. The molecule has 0 radical (unpaired) electrons. The van der Waals surface area contributed by atoms with E-state index in [0.29, 0.717) is 29.4 Å². The number of amides is 3. The summed E-state index contributed by atoms with van der Waals surface area (Å²) in [6.45, 7) is 5.67. The summed E-state index contributed by atoms with van der Waals surface area (Å²) < 4.78 is 9.79. The SMILES string of the molecule is CC1=C(C(=O)NCCOc2nonc2C)C(C)NC(=O)N1. The lowest BCUT2D eigenvalue weighted by molar-refractivity contribution is -0.118. The Kier molecular flexibility index (Phi) is 4.41. The average Bonchev–Trinajstić information content (AvgIpc) is 2.79. The Bertz CT molecular complexity index is 580. The van der Waals surface area contributed by atoms with E-state index in [4.69, 9.17) is 4.74 Å². The summed E-state index contributed by atoms with van der Waals surface area (Å²) in [6.07, 6.45) is 0. The molecule has 1 aliphatic rings. The predicted molar refractivity (Wildman–Crippen MR) is 71.4 cm³/mol. The Hall–Kier alpha value is -2.58. The number of aryl methyl sites for hydroxylation is 1. The summed E-state index contributed by atoms with van der Waals surface area (Å²) in [4.78, 5) is 23.3. The molecule has 1 aromatic heterocycles. The molecule has 0 saturated heterocycles. The maximum atomic E-state index is 12.1. The van der Waals surface area contributed by atoms with Crippen LogP contribution in [0, 0.1) is 6.92 Å². The Labute approximate surface area is 121 Å². The van der Waals surface area contributed by atoms with Gasteiger partial charge in [-0.1, -0.05) is 5.16 Å². The molecule has 0 spiro atoms. The number of ether oxygens (including phenoxy) is 1. The van der Waals surface area contributed by atoms with Crippen LogP contribution in [0.4, 0.5) is 4.79 Å². The molecule has 1 unspecified atom stereocenters. The Morgan fingerprint density at radius 3 is 2.81 bits per heavy atom. The van der Waals surface area contributed by atoms with Gasteiger partial charge in [0.25, 0.3) is 11.8 Å². The molecule has 2 rings (SSSR count). The first-order valence-electron chi connectivity index (χ1n) is 6.47. The minimum absolute atomic E-state index is 0.237. The van der Waals surface area contributed by atoms with E-state index in [-0.39, 0.29) is 24.6 Å². The van der Waals surface area contributed by atoms with Crippen molar-refractivity contribution in [1.82, 2.24) is 26.3 Å². The zero-order valence-corrected chi connectivity index (χ0v) is 12.0.